The van der Waals surface area contributed by atoms with Crippen molar-refractivity contribution in [1.82, 2.24) is 0 Å². The van der Waals surface area contributed by atoms with E-state index in [1.54, 1.807) is 6.07 Å². The second kappa shape index (κ2) is 8.60. The molecule has 2 N–H and O–H groups in total. The van der Waals surface area contributed by atoms with Gasteiger partial charge in [-0.1, -0.05) is 53.6 Å². The number of hydrogen-bond acceptors (Lipinski definition) is 3. The zero-order valence-corrected chi connectivity index (χ0v) is 15.7. The van der Waals surface area contributed by atoms with Crippen molar-refractivity contribution >= 4 is 23.3 Å². The zero-order valence-electron chi connectivity index (χ0n) is 14.9. The molecule has 27 heavy (non-hydrogen) atoms. The van der Waals surface area contributed by atoms with Gasteiger partial charge in [0.25, 0.3) is 0 Å². The molecule has 0 radical (unpaired) electrons. The van der Waals surface area contributed by atoms with Crippen LogP contribution in [0.3, 0.4) is 0 Å². The van der Waals surface area contributed by atoms with E-state index in [-0.39, 0.29) is 5.56 Å². The van der Waals surface area contributed by atoms with Crippen molar-refractivity contribution in [3.8, 4) is 5.75 Å². The summed E-state index contributed by atoms with van der Waals surface area (Å²) in [5.74, 6) is -0.207. The molecule has 0 heterocycles. The van der Waals surface area contributed by atoms with Crippen molar-refractivity contribution in [2.24, 2.45) is 0 Å². The van der Waals surface area contributed by atoms with Gasteiger partial charge in [-0.25, -0.2) is 4.79 Å². The van der Waals surface area contributed by atoms with E-state index >= 15 is 0 Å². The van der Waals surface area contributed by atoms with Gasteiger partial charge in [-0.05, 0) is 48.4 Å². The lowest BCUT2D eigenvalue weighted by atomic mass is 10.1. The van der Waals surface area contributed by atoms with Gasteiger partial charge in [0.15, 0.2) is 0 Å². The van der Waals surface area contributed by atoms with Gasteiger partial charge in [0, 0.05) is 6.54 Å². The number of hydrogen-bond donors (Lipinski definition) is 2. The molecule has 0 spiro atoms. The molecular formula is C22H20ClNO3. The molecule has 0 aliphatic rings. The largest absolute Gasteiger partial charge is 0.489 e. The monoisotopic (exact) mass is 381 g/mol. The van der Waals surface area contributed by atoms with Crippen LogP contribution in [0.2, 0.25) is 5.02 Å². The van der Waals surface area contributed by atoms with Crippen molar-refractivity contribution in [2.75, 3.05) is 5.32 Å². The number of aromatic carboxylic acids is 1. The third-order valence-electron chi connectivity index (χ3n) is 4.12. The lowest BCUT2D eigenvalue weighted by molar-refractivity contribution is 0.0697. The highest BCUT2D eigenvalue weighted by Gasteiger charge is 2.07. The molecule has 0 amide bonds. The Morgan fingerprint density at radius 1 is 1.04 bits per heavy atom. The van der Waals surface area contributed by atoms with E-state index in [1.807, 2.05) is 24.3 Å². The second-order valence-corrected chi connectivity index (χ2v) is 6.68. The van der Waals surface area contributed by atoms with Crippen LogP contribution in [0.15, 0.2) is 66.7 Å². The average molecular weight is 382 g/mol. The summed E-state index contributed by atoms with van der Waals surface area (Å²) < 4.78 is 5.87. The summed E-state index contributed by atoms with van der Waals surface area (Å²) in [6.07, 6.45) is 0. The number of carboxylic acids is 1. The summed E-state index contributed by atoms with van der Waals surface area (Å²) in [6.45, 7) is 3.06. The standard InChI is InChI=1S/C22H20ClNO3/c1-15-5-7-16(8-6-15)14-27-19-4-2-3-17(11-19)13-24-21-12-18(22(25)26)9-10-20(21)23/h2-12,24H,13-14H2,1H3,(H,25,26). The van der Waals surface area contributed by atoms with Gasteiger partial charge in [-0.15, -0.1) is 0 Å². The molecule has 0 atom stereocenters. The van der Waals surface area contributed by atoms with Crippen LogP contribution in [0.1, 0.15) is 27.0 Å². The molecule has 3 rings (SSSR count). The maximum absolute atomic E-state index is 11.1. The number of carboxylic acid groups (broad SMARTS) is 1. The van der Waals surface area contributed by atoms with E-state index in [9.17, 15) is 4.79 Å². The Labute approximate surface area is 163 Å². The molecule has 0 unspecified atom stereocenters. The molecular weight excluding hydrogens is 362 g/mol. The van der Waals surface area contributed by atoms with Crippen molar-refractivity contribution in [2.45, 2.75) is 20.1 Å². The van der Waals surface area contributed by atoms with Crippen molar-refractivity contribution in [3.05, 3.63) is 94.0 Å². The topological polar surface area (TPSA) is 58.6 Å². The highest BCUT2D eigenvalue weighted by Crippen LogP contribution is 2.24. The molecule has 0 saturated carbocycles. The molecule has 0 fully saturated rings. The molecule has 4 nitrogen and oxygen atoms in total. The number of aryl methyl sites for hydroxylation is 1. The van der Waals surface area contributed by atoms with E-state index < -0.39 is 5.97 Å². The molecule has 5 heteroatoms. The van der Waals surface area contributed by atoms with Gasteiger partial charge in [0.05, 0.1) is 16.3 Å². The molecule has 0 aliphatic carbocycles. The van der Waals surface area contributed by atoms with Crippen molar-refractivity contribution < 1.29 is 14.6 Å². The van der Waals surface area contributed by atoms with Crippen LogP contribution in [0, 0.1) is 6.92 Å². The Balaban J connectivity index is 1.63. The predicted octanol–water partition coefficient (Wildman–Crippen LogP) is 5.54. The normalized spacial score (nSPS) is 10.4. The quantitative estimate of drug-likeness (QED) is 0.564. The fourth-order valence-electron chi connectivity index (χ4n) is 2.59. The van der Waals surface area contributed by atoms with E-state index in [0.29, 0.717) is 23.9 Å². The lowest BCUT2D eigenvalue weighted by Crippen LogP contribution is -2.03. The highest BCUT2D eigenvalue weighted by atomic mass is 35.5. The minimum absolute atomic E-state index is 0.192. The number of ether oxygens (including phenoxy) is 1. The van der Waals surface area contributed by atoms with Crippen molar-refractivity contribution in [3.63, 3.8) is 0 Å². The zero-order chi connectivity index (χ0) is 19.2. The maximum Gasteiger partial charge on any atom is 0.335 e. The fourth-order valence-corrected chi connectivity index (χ4v) is 2.77. The van der Waals surface area contributed by atoms with Crippen LogP contribution in [-0.4, -0.2) is 11.1 Å². The van der Waals surface area contributed by atoms with Crippen molar-refractivity contribution in [1.29, 1.82) is 0 Å². The first-order valence-corrected chi connectivity index (χ1v) is 8.93. The predicted molar refractivity (Wildman–Crippen MR) is 108 cm³/mol. The maximum atomic E-state index is 11.1. The molecule has 138 valence electrons. The number of halogens is 1. The van der Waals surface area contributed by atoms with E-state index in [0.717, 1.165) is 16.9 Å². The summed E-state index contributed by atoms with van der Waals surface area (Å²) in [7, 11) is 0. The fraction of sp³-hybridized carbons (Fsp3) is 0.136. The number of benzene rings is 3. The Bertz CT molecular complexity index is 939. The third kappa shape index (κ3) is 5.25. The van der Waals surface area contributed by atoms with Gasteiger partial charge < -0.3 is 15.2 Å². The van der Waals surface area contributed by atoms with Crippen LogP contribution in [-0.2, 0) is 13.2 Å². The SMILES string of the molecule is Cc1ccc(COc2cccc(CNc3cc(C(=O)O)ccc3Cl)c2)cc1. The van der Waals surface area contributed by atoms with Gasteiger partial charge in [-0.2, -0.15) is 0 Å². The van der Waals surface area contributed by atoms with Gasteiger partial charge in [-0.3, -0.25) is 0 Å². The Morgan fingerprint density at radius 3 is 2.56 bits per heavy atom. The average Bonchev–Trinajstić information content (AvgIpc) is 2.67. The first-order valence-electron chi connectivity index (χ1n) is 8.55. The summed E-state index contributed by atoms with van der Waals surface area (Å²) in [5.41, 5.74) is 4.12. The Kier molecular flexibility index (Phi) is 5.99. The summed E-state index contributed by atoms with van der Waals surface area (Å²) >= 11 is 6.15. The minimum atomic E-state index is -0.985. The second-order valence-electron chi connectivity index (χ2n) is 6.28. The molecule has 3 aromatic carbocycles. The Morgan fingerprint density at radius 2 is 1.81 bits per heavy atom. The molecule has 0 aromatic heterocycles. The highest BCUT2D eigenvalue weighted by molar-refractivity contribution is 6.33. The van der Waals surface area contributed by atoms with Gasteiger partial charge in [0.1, 0.15) is 12.4 Å². The van der Waals surface area contributed by atoms with Crippen LogP contribution in [0.5, 0.6) is 5.75 Å². The van der Waals surface area contributed by atoms with Crippen LogP contribution >= 0.6 is 11.6 Å². The molecule has 0 saturated heterocycles. The lowest BCUT2D eigenvalue weighted by Gasteiger charge is -2.11. The smallest absolute Gasteiger partial charge is 0.335 e. The summed E-state index contributed by atoms with van der Waals surface area (Å²) in [6, 6.07) is 20.6. The number of rotatable bonds is 7. The summed E-state index contributed by atoms with van der Waals surface area (Å²) in [5, 5.41) is 12.8. The first-order chi connectivity index (χ1) is 13.0. The van der Waals surface area contributed by atoms with Gasteiger partial charge >= 0.3 is 5.97 Å². The Hall–Kier alpha value is -2.98. The van der Waals surface area contributed by atoms with Crippen LogP contribution in [0.25, 0.3) is 0 Å². The first kappa shape index (κ1) is 18.8. The molecule has 3 aromatic rings. The summed E-state index contributed by atoms with van der Waals surface area (Å²) in [4.78, 5) is 11.1. The van der Waals surface area contributed by atoms with E-state index in [2.05, 4.69) is 36.5 Å². The molecule has 0 aliphatic heterocycles. The van der Waals surface area contributed by atoms with E-state index in [4.69, 9.17) is 21.4 Å². The van der Waals surface area contributed by atoms with E-state index in [1.165, 1.54) is 17.7 Å². The van der Waals surface area contributed by atoms with Crippen LogP contribution in [0.4, 0.5) is 5.69 Å². The molecule has 0 bridgehead atoms. The third-order valence-corrected chi connectivity index (χ3v) is 4.45. The number of nitrogens with one attached hydrogen (secondary N) is 1. The minimum Gasteiger partial charge on any atom is -0.489 e. The number of carbonyl (C=O) groups is 1. The van der Waals surface area contributed by atoms with Gasteiger partial charge in [0.2, 0.25) is 0 Å². The van der Waals surface area contributed by atoms with Crippen LogP contribution < -0.4 is 10.1 Å². The number of anilines is 1.